The topological polar surface area (TPSA) is 67.9 Å². The number of rotatable bonds is 3. The Morgan fingerprint density at radius 1 is 1.56 bits per heavy atom. The normalized spacial score (nSPS) is 25.3. The van der Waals surface area contributed by atoms with Crippen molar-refractivity contribution >= 4 is 12.0 Å². The van der Waals surface area contributed by atoms with Crippen LogP contribution in [-0.4, -0.2) is 55.4 Å². The number of likely N-dealkylation sites (tertiary alicyclic amines) is 1. The number of hydrogen-bond donors (Lipinski definition) is 1. The van der Waals surface area contributed by atoms with Crippen molar-refractivity contribution in [3.63, 3.8) is 0 Å². The number of nitrogens with one attached hydrogen (secondary N) is 1. The Hall–Kier alpha value is -1.44. The van der Waals surface area contributed by atoms with Gasteiger partial charge in [0.15, 0.2) is 0 Å². The van der Waals surface area contributed by atoms with E-state index >= 15 is 0 Å². The molecule has 2 amide bonds. The molecule has 0 bridgehead atoms. The molecule has 16 heavy (non-hydrogen) atoms. The van der Waals surface area contributed by atoms with Crippen molar-refractivity contribution in [2.45, 2.75) is 18.8 Å². The predicted octanol–water partition coefficient (Wildman–Crippen LogP) is -0.455. The van der Waals surface area contributed by atoms with Gasteiger partial charge in [-0.15, -0.1) is 0 Å². The van der Waals surface area contributed by atoms with E-state index in [-0.39, 0.29) is 25.6 Å². The zero-order valence-corrected chi connectivity index (χ0v) is 8.19. The van der Waals surface area contributed by atoms with E-state index in [2.05, 4.69) is 14.8 Å². The van der Waals surface area contributed by atoms with Gasteiger partial charge in [-0.2, -0.15) is 8.78 Å². The lowest BCUT2D eigenvalue weighted by atomic mass is 10.1. The summed E-state index contributed by atoms with van der Waals surface area (Å²) in [5.74, 6) is -0.333. The Morgan fingerprint density at radius 3 is 2.75 bits per heavy atom. The van der Waals surface area contributed by atoms with Crippen LogP contribution in [0.2, 0.25) is 0 Å². The van der Waals surface area contributed by atoms with Crippen LogP contribution in [0.15, 0.2) is 0 Å². The highest BCUT2D eigenvalue weighted by molar-refractivity contribution is 5.88. The Morgan fingerprint density at radius 2 is 2.25 bits per heavy atom. The third-order valence-electron chi connectivity index (χ3n) is 2.43. The van der Waals surface area contributed by atoms with Crippen molar-refractivity contribution in [1.29, 1.82) is 0 Å². The highest BCUT2D eigenvalue weighted by Crippen LogP contribution is 2.16. The van der Waals surface area contributed by atoms with Gasteiger partial charge in [0.05, 0.1) is 6.10 Å². The van der Waals surface area contributed by atoms with E-state index in [1.54, 1.807) is 0 Å². The van der Waals surface area contributed by atoms with Crippen molar-refractivity contribution in [3.8, 4) is 0 Å². The van der Waals surface area contributed by atoms with Gasteiger partial charge in [0.25, 0.3) is 0 Å². The first-order chi connectivity index (χ1) is 7.56. The molecule has 2 saturated heterocycles. The highest BCUT2D eigenvalue weighted by atomic mass is 19.3. The van der Waals surface area contributed by atoms with Gasteiger partial charge in [-0.3, -0.25) is 4.79 Å². The molecule has 0 aromatic heterocycles. The first-order valence-electron chi connectivity index (χ1n) is 4.72. The summed E-state index contributed by atoms with van der Waals surface area (Å²) in [6.07, 6.45) is -1.26. The molecule has 0 saturated carbocycles. The van der Waals surface area contributed by atoms with Gasteiger partial charge in [-0.1, -0.05) is 0 Å². The van der Waals surface area contributed by atoms with Crippen LogP contribution in [0.4, 0.5) is 13.6 Å². The van der Waals surface area contributed by atoms with Gasteiger partial charge in [0, 0.05) is 13.1 Å². The van der Waals surface area contributed by atoms with E-state index in [1.807, 2.05) is 0 Å². The monoisotopic (exact) mass is 236 g/mol. The molecule has 0 spiro atoms. The van der Waals surface area contributed by atoms with Gasteiger partial charge in [-0.25, -0.2) is 4.79 Å². The van der Waals surface area contributed by atoms with Gasteiger partial charge in [-0.05, 0) is 0 Å². The number of ether oxygens (including phenoxy) is 2. The average molecular weight is 236 g/mol. The van der Waals surface area contributed by atoms with E-state index in [9.17, 15) is 18.4 Å². The molecule has 1 N–H and O–H groups in total. The number of halogens is 2. The van der Waals surface area contributed by atoms with Crippen LogP contribution in [0.1, 0.15) is 0 Å². The van der Waals surface area contributed by atoms with E-state index < -0.39 is 24.9 Å². The lowest BCUT2D eigenvalue weighted by molar-refractivity contribution is -0.199. The Kier molecular flexibility index (Phi) is 2.90. The van der Waals surface area contributed by atoms with Gasteiger partial charge in [0.1, 0.15) is 12.6 Å². The lowest BCUT2D eigenvalue weighted by Gasteiger charge is -2.39. The minimum absolute atomic E-state index is 0.0193. The van der Waals surface area contributed by atoms with E-state index in [4.69, 9.17) is 0 Å². The molecule has 8 heteroatoms. The minimum Gasteiger partial charge on any atom is -0.447 e. The van der Waals surface area contributed by atoms with Crippen molar-refractivity contribution < 1.29 is 27.8 Å². The molecule has 6 nitrogen and oxygen atoms in total. The van der Waals surface area contributed by atoms with Gasteiger partial charge in [0.2, 0.25) is 5.91 Å². The smallest absolute Gasteiger partial charge is 0.407 e. The molecule has 2 heterocycles. The summed E-state index contributed by atoms with van der Waals surface area (Å²) in [5, 5.41) is 2.32. The summed E-state index contributed by atoms with van der Waals surface area (Å²) < 4.78 is 32.3. The number of hydrogen-bond acceptors (Lipinski definition) is 4. The fraction of sp³-hybridized carbons (Fsp3) is 0.750. The van der Waals surface area contributed by atoms with Crippen LogP contribution in [0.25, 0.3) is 0 Å². The molecule has 2 rings (SSSR count). The van der Waals surface area contributed by atoms with Crippen molar-refractivity contribution in [1.82, 2.24) is 10.2 Å². The number of nitrogens with zero attached hydrogens (tertiary/aromatic N) is 1. The maximum absolute atomic E-state index is 11.8. The van der Waals surface area contributed by atoms with Gasteiger partial charge >= 0.3 is 12.7 Å². The first-order valence-corrected chi connectivity index (χ1v) is 4.72. The third kappa shape index (κ3) is 2.21. The highest BCUT2D eigenvalue weighted by Gasteiger charge is 2.39. The molecular weight excluding hydrogens is 226 g/mol. The van der Waals surface area contributed by atoms with Crippen LogP contribution < -0.4 is 5.32 Å². The second-order valence-corrected chi connectivity index (χ2v) is 3.56. The maximum atomic E-state index is 11.8. The predicted molar refractivity (Wildman–Crippen MR) is 45.7 cm³/mol. The van der Waals surface area contributed by atoms with Crippen molar-refractivity contribution in [3.05, 3.63) is 0 Å². The fourth-order valence-corrected chi connectivity index (χ4v) is 1.59. The molecular formula is C8H10F2N2O4. The molecule has 0 aliphatic carbocycles. The molecule has 0 unspecified atom stereocenters. The van der Waals surface area contributed by atoms with Crippen LogP contribution in [-0.2, 0) is 14.3 Å². The van der Waals surface area contributed by atoms with Crippen molar-refractivity contribution in [2.24, 2.45) is 0 Å². The molecule has 2 aliphatic rings. The Bertz CT molecular complexity index is 306. The second kappa shape index (κ2) is 4.20. The SMILES string of the molecule is O=C1N[C@@H](C(=O)N2CC(OC(F)F)C2)CO1. The van der Waals surface area contributed by atoms with Crippen molar-refractivity contribution in [2.75, 3.05) is 19.7 Å². The zero-order chi connectivity index (χ0) is 11.7. The summed E-state index contributed by atoms with van der Waals surface area (Å²) in [5.41, 5.74) is 0. The largest absolute Gasteiger partial charge is 0.447 e. The standard InChI is InChI=1S/C8H10F2N2O4/c9-7(10)16-4-1-12(2-4)6(13)5-3-15-8(14)11-5/h4-5,7H,1-3H2,(H,11,14)/t5-/m1/s1. The molecule has 2 fully saturated rings. The first kappa shape index (κ1) is 11.1. The third-order valence-corrected chi connectivity index (χ3v) is 2.43. The number of carbonyl (C=O) groups is 2. The second-order valence-electron chi connectivity index (χ2n) is 3.56. The van der Waals surface area contributed by atoms with Crippen LogP contribution in [0.5, 0.6) is 0 Å². The summed E-state index contributed by atoms with van der Waals surface area (Å²) >= 11 is 0. The van der Waals surface area contributed by atoms with E-state index in [0.717, 1.165) is 0 Å². The number of alkyl halides is 2. The fourth-order valence-electron chi connectivity index (χ4n) is 1.59. The molecule has 2 aliphatic heterocycles. The summed E-state index contributed by atoms with van der Waals surface area (Å²) in [6.45, 7) is -2.60. The number of amides is 2. The molecule has 0 aromatic carbocycles. The minimum atomic E-state index is -2.82. The summed E-state index contributed by atoms with van der Waals surface area (Å²) in [4.78, 5) is 23.6. The van der Waals surface area contributed by atoms with Gasteiger partial charge < -0.3 is 19.7 Å². The lowest BCUT2D eigenvalue weighted by Crippen LogP contribution is -2.59. The Labute approximate surface area is 89.5 Å². The van der Waals surface area contributed by atoms with E-state index in [0.29, 0.717) is 0 Å². The van der Waals surface area contributed by atoms with Crippen LogP contribution in [0, 0.1) is 0 Å². The summed E-state index contributed by atoms with van der Waals surface area (Å²) in [7, 11) is 0. The molecule has 1 atom stereocenters. The van der Waals surface area contributed by atoms with Crippen LogP contribution >= 0.6 is 0 Å². The maximum Gasteiger partial charge on any atom is 0.407 e. The Balaban J connectivity index is 1.75. The van der Waals surface area contributed by atoms with Crippen LogP contribution in [0.3, 0.4) is 0 Å². The number of cyclic esters (lactones) is 1. The number of alkyl carbamates (subject to hydrolysis) is 1. The molecule has 0 radical (unpaired) electrons. The zero-order valence-electron chi connectivity index (χ0n) is 8.19. The number of carbonyl (C=O) groups excluding carboxylic acids is 2. The quantitative estimate of drug-likeness (QED) is 0.720. The summed E-state index contributed by atoms with van der Waals surface area (Å²) in [6, 6.07) is -0.708. The van der Waals surface area contributed by atoms with E-state index in [1.165, 1.54) is 4.90 Å². The molecule has 0 aromatic rings. The average Bonchev–Trinajstić information content (AvgIpc) is 2.56. The molecule has 90 valence electrons.